The van der Waals surface area contributed by atoms with Crippen molar-refractivity contribution in [2.45, 2.75) is 56.8 Å². The van der Waals surface area contributed by atoms with Crippen LogP contribution in [0.25, 0.3) is 0 Å². The van der Waals surface area contributed by atoms with Gasteiger partial charge in [-0.05, 0) is 44.4 Å². The Morgan fingerprint density at radius 1 is 1.22 bits per heavy atom. The summed E-state index contributed by atoms with van der Waals surface area (Å²) in [5.41, 5.74) is -3.36. The normalized spacial score (nSPS) is 23.4. The minimum Gasteiger partial charge on any atom is -0.444 e. The van der Waals surface area contributed by atoms with Crippen LogP contribution in [0.15, 0.2) is 30.5 Å². The number of amides is 1. The third kappa shape index (κ3) is 5.22. The monoisotopic (exact) mass is 513 g/mol. The van der Waals surface area contributed by atoms with E-state index in [-0.39, 0.29) is 38.0 Å². The van der Waals surface area contributed by atoms with Gasteiger partial charge >= 0.3 is 12.3 Å². The maximum atomic E-state index is 14.8. The zero-order chi connectivity index (χ0) is 26.3. The molecule has 2 aromatic rings. The Labute approximate surface area is 204 Å². The SMILES string of the molecule is C[C@H](Nc1nccc(N2C(=O)OC[C@]2(C)O)n1)c1ccc(CN2CCC(O)(C(F)(F)F)CC2)c(F)c1. The molecule has 2 aliphatic heterocycles. The van der Waals surface area contributed by atoms with Gasteiger partial charge in [-0.25, -0.2) is 19.1 Å². The number of hydrogen-bond acceptors (Lipinski definition) is 8. The summed E-state index contributed by atoms with van der Waals surface area (Å²) in [5, 5.41) is 23.2. The Balaban J connectivity index is 1.40. The summed E-state index contributed by atoms with van der Waals surface area (Å²) in [5.74, 6) is -0.235. The molecule has 2 atom stereocenters. The number of anilines is 2. The lowest BCUT2D eigenvalue weighted by molar-refractivity contribution is -0.272. The fraction of sp³-hybridized carbons (Fsp3) is 0.522. The smallest absolute Gasteiger partial charge is 0.418 e. The Kier molecular flexibility index (Phi) is 6.84. The van der Waals surface area contributed by atoms with Crippen molar-refractivity contribution in [2.24, 2.45) is 0 Å². The van der Waals surface area contributed by atoms with Crippen LogP contribution in [0.5, 0.6) is 0 Å². The number of piperidine rings is 1. The standard InChI is InChI=1S/C23H27F4N5O4/c1-14(29-19-28-8-5-18(30-19)32-20(33)36-13-21(32,2)34)15-3-4-16(17(24)11-15)12-31-9-6-22(35,7-10-31)23(25,26)27/h3-5,8,11,14,34-35H,6-7,9-10,12-13H2,1-2H3,(H,28,29,30)/t14-,21-/m0/s1. The second kappa shape index (κ2) is 9.45. The lowest BCUT2D eigenvalue weighted by atomic mass is 9.90. The first kappa shape index (κ1) is 26.0. The van der Waals surface area contributed by atoms with Crippen molar-refractivity contribution >= 4 is 17.9 Å². The Hall–Kier alpha value is -3.03. The van der Waals surface area contributed by atoms with Crippen LogP contribution in [0.1, 0.15) is 43.9 Å². The minimum absolute atomic E-state index is 0.000283. The number of nitrogens with zero attached hydrogens (tertiary/aromatic N) is 4. The first-order chi connectivity index (χ1) is 16.8. The Bertz CT molecular complexity index is 1120. The summed E-state index contributed by atoms with van der Waals surface area (Å²) in [6, 6.07) is 5.60. The molecule has 0 spiro atoms. The predicted octanol–water partition coefficient (Wildman–Crippen LogP) is 3.34. The number of cyclic esters (lactones) is 1. The second-order valence-corrected chi connectivity index (χ2v) is 9.37. The van der Waals surface area contributed by atoms with E-state index >= 15 is 0 Å². The highest BCUT2D eigenvalue weighted by molar-refractivity contribution is 5.89. The molecule has 13 heteroatoms. The van der Waals surface area contributed by atoms with Gasteiger partial charge in [0.2, 0.25) is 5.95 Å². The molecule has 4 rings (SSSR count). The van der Waals surface area contributed by atoms with Gasteiger partial charge in [-0.15, -0.1) is 0 Å². The molecule has 9 nitrogen and oxygen atoms in total. The molecule has 1 amide bonds. The molecular formula is C23H27F4N5O4. The highest BCUT2D eigenvalue weighted by atomic mass is 19.4. The van der Waals surface area contributed by atoms with Crippen molar-refractivity contribution in [3.63, 3.8) is 0 Å². The number of aliphatic hydroxyl groups is 2. The van der Waals surface area contributed by atoms with Gasteiger partial charge in [0.25, 0.3) is 0 Å². The number of ether oxygens (including phenoxy) is 1. The first-order valence-electron chi connectivity index (χ1n) is 11.4. The van der Waals surface area contributed by atoms with Crippen molar-refractivity contribution in [3.05, 3.63) is 47.4 Å². The highest BCUT2D eigenvalue weighted by Gasteiger charge is 2.54. The van der Waals surface area contributed by atoms with Gasteiger partial charge in [-0.1, -0.05) is 12.1 Å². The van der Waals surface area contributed by atoms with Crippen molar-refractivity contribution < 1.29 is 37.3 Å². The molecule has 2 fully saturated rings. The topological polar surface area (TPSA) is 111 Å². The van der Waals surface area contributed by atoms with Crippen LogP contribution in [0.4, 0.5) is 34.1 Å². The summed E-state index contributed by atoms with van der Waals surface area (Å²) in [6.07, 6.45) is -4.94. The summed E-state index contributed by atoms with van der Waals surface area (Å²) in [7, 11) is 0. The fourth-order valence-corrected chi connectivity index (χ4v) is 4.25. The summed E-state index contributed by atoms with van der Waals surface area (Å²) < 4.78 is 58.7. The molecule has 0 radical (unpaired) electrons. The molecule has 0 unspecified atom stereocenters. The maximum absolute atomic E-state index is 14.8. The van der Waals surface area contributed by atoms with Gasteiger partial charge in [0.15, 0.2) is 11.3 Å². The lowest BCUT2D eigenvalue weighted by Crippen LogP contribution is -2.53. The lowest BCUT2D eigenvalue weighted by Gasteiger charge is -2.39. The maximum Gasteiger partial charge on any atom is 0.418 e. The largest absolute Gasteiger partial charge is 0.444 e. The Morgan fingerprint density at radius 3 is 2.50 bits per heavy atom. The van der Waals surface area contributed by atoms with Crippen molar-refractivity contribution in [1.29, 1.82) is 0 Å². The van der Waals surface area contributed by atoms with Crippen LogP contribution in [-0.2, 0) is 11.3 Å². The van der Waals surface area contributed by atoms with E-state index in [0.29, 0.717) is 11.1 Å². The third-order valence-electron chi connectivity index (χ3n) is 6.53. The molecule has 0 saturated carbocycles. The van der Waals surface area contributed by atoms with Crippen LogP contribution < -0.4 is 10.2 Å². The van der Waals surface area contributed by atoms with Crippen LogP contribution in [0.2, 0.25) is 0 Å². The Morgan fingerprint density at radius 2 is 1.92 bits per heavy atom. The third-order valence-corrected chi connectivity index (χ3v) is 6.53. The number of carbonyl (C=O) groups excluding carboxylic acids is 1. The van der Waals surface area contributed by atoms with E-state index in [1.165, 1.54) is 25.3 Å². The van der Waals surface area contributed by atoms with Gasteiger partial charge in [0.1, 0.15) is 18.2 Å². The number of hydrogen-bond donors (Lipinski definition) is 3. The van der Waals surface area contributed by atoms with E-state index in [1.54, 1.807) is 24.0 Å². The summed E-state index contributed by atoms with van der Waals surface area (Å²) in [4.78, 5) is 23.0. The number of rotatable bonds is 6. The minimum atomic E-state index is -4.69. The number of halogens is 4. The summed E-state index contributed by atoms with van der Waals surface area (Å²) >= 11 is 0. The van der Waals surface area contributed by atoms with E-state index in [4.69, 9.17) is 4.74 Å². The van der Waals surface area contributed by atoms with Gasteiger partial charge < -0.3 is 20.3 Å². The van der Waals surface area contributed by atoms with Crippen molar-refractivity contribution in [2.75, 3.05) is 29.9 Å². The number of benzene rings is 1. The number of carbonyl (C=O) groups is 1. The van der Waals surface area contributed by atoms with Gasteiger partial charge in [0, 0.05) is 31.4 Å². The van der Waals surface area contributed by atoms with Gasteiger partial charge in [-0.2, -0.15) is 18.2 Å². The first-order valence-corrected chi connectivity index (χ1v) is 11.4. The van der Waals surface area contributed by atoms with E-state index in [9.17, 15) is 32.6 Å². The molecule has 3 N–H and O–H groups in total. The molecule has 2 saturated heterocycles. The number of nitrogens with one attached hydrogen (secondary N) is 1. The van der Waals surface area contributed by atoms with Crippen LogP contribution in [0, 0.1) is 5.82 Å². The number of likely N-dealkylation sites (tertiary alicyclic amines) is 1. The number of aromatic nitrogens is 2. The van der Waals surface area contributed by atoms with Crippen LogP contribution in [0.3, 0.4) is 0 Å². The van der Waals surface area contributed by atoms with E-state index in [0.717, 1.165) is 4.90 Å². The average molecular weight is 513 g/mol. The van der Waals surface area contributed by atoms with Crippen LogP contribution in [-0.4, -0.2) is 68.4 Å². The summed E-state index contributed by atoms with van der Waals surface area (Å²) in [6.45, 7) is 3.09. The molecule has 196 valence electrons. The number of alkyl halides is 3. The quantitative estimate of drug-likeness (QED) is 0.505. The molecule has 0 bridgehead atoms. The second-order valence-electron chi connectivity index (χ2n) is 9.37. The molecule has 1 aromatic carbocycles. The molecule has 1 aromatic heterocycles. The zero-order valence-corrected chi connectivity index (χ0v) is 19.7. The molecule has 3 heterocycles. The predicted molar refractivity (Wildman–Crippen MR) is 120 cm³/mol. The van der Waals surface area contributed by atoms with Crippen molar-refractivity contribution in [1.82, 2.24) is 14.9 Å². The van der Waals surface area contributed by atoms with E-state index in [2.05, 4.69) is 15.3 Å². The van der Waals surface area contributed by atoms with Crippen LogP contribution >= 0.6 is 0 Å². The molecule has 0 aliphatic carbocycles. The van der Waals surface area contributed by atoms with Gasteiger partial charge in [0.05, 0.1) is 6.04 Å². The molecule has 2 aliphatic rings. The molecule has 36 heavy (non-hydrogen) atoms. The highest BCUT2D eigenvalue weighted by Crippen LogP contribution is 2.38. The fourth-order valence-electron chi connectivity index (χ4n) is 4.25. The average Bonchev–Trinajstić information content (AvgIpc) is 3.08. The van der Waals surface area contributed by atoms with E-state index in [1.807, 2.05) is 0 Å². The van der Waals surface area contributed by atoms with Crippen molar-refractivity contribution in [3.8, 4) is 0 Å². The zero-order valence-electron chi connectivity index (χ0n) is 19.7. The molecular weight excluding hydrogens is 486 g/mol. The van der Waals surface area contributed by atoms with Gasteiger partial charge in [-0.3, -0.25) is 4.90 Å². The van der Waals surface area contributed by atoms with E-state index < -0.39 is 48.3 Å².